The minimum Gasteiger partial charge on any atom is -0.497 e. The van der Waals surface area contributed by atoms with E-state index in [0.29, 0.717) is 5.69 Å². The molecule has 0 bridgehead atoms. The van der Waals surface area contributed by atoms with E-state index in [9.17, 15) is 14.7 Å². The van der Waals surface area contributed by atoms with Crippen molar-refractivity contribution in [3.8, 4) is 16.3 Å². The molecule has 2 aromatic heterocycles. The Morgan fingerprint density at radius 1 is 1.19 bits per heavy atom. The molecule has 4 rings (SSSR count). The average Bonchev–Trinajstić information content (AvgIpc) is 3.45. The Balaban J connectivity index is 1.35. The summed E-state index contributed by atoms with van der Waals surface area (Å²) in [5.74, 6) is -0.328. The number of rotatable bonds is 8. The van der Waals surface area contributed by atoms with Crippen molar-refractivity contribution in [1.82, 2.24) is 20.6 Å². The van der Waals surface area contributed by atoms with Crippen molar-refractivity contribution in [2.24, 2.45) is 0 Å². The van der Waals surface area contributed by atoms with Gasteiger partial charge in [-0.25, -0.2) is 14.6 Å². The highest BCUT2D eigenvalue weighted by Gasteiger charge is 2.22. The zero-order valence-corrected chi connectivity index (χ0v) is 18.1. The lowest BCUT2D eigenvalue weighted by molar-refractivity contribution is -0.139. The molecule has 2 heterocycles. The van der Waals surface area contributed by atoms with Gasteiger partial charge in [-0.15, -0.1) is 11.3 Å². The van der Waals surface area contributed by atoms with Crippen LogP contribution in [0.4, 0.5) is 4.79 Å². The van der Waals surface area contributed by atoms with Crippen LogP contribution in [0.3, 0.4) is 0 Å². The number of thiazole rings is 1. The molecule has 0 spiro atoms. The van der Waals surface area contributed by atoms with Crippen LogP contribution in [-0.2, 0) is 17.8 Å². The largest absolute Gasteiger partial charge is 0.497 e. The maximum absolute atomic E-state index is 12.3. The zero-order valence-electron chi connectivity index (χ0n) is 17.3. The van der Waals surface area contributed by atoms with E-state index < -0.39 is 18.0 Å². The van der Waals surface area contributed by atoms with Gasteiger partial charge < -0.3 is 25.5 Å². The van der Waals surface area contributed by atoms with Crippen LogP contribution in [0.25, 0.3) is 21.5 Å². The number of fused-ring (bicyclic) bond motifs is 1. The number of carbonyl (C=O) groups excluding carboxylic acids is 1. The second kappa shape index (κ2) is 9.52. The quantitative estimate of drug-likeness (QED) is 0.326. The van der Waals surface area contributed by atoms with Crippen LogP contribution >= 0.6 is 11.3 Å². The fourth-order valence-corrected chi connectivity index (χ4v) is 4.18. The number of benzene rings is 2. The van der Waals surface area contributed by atoms with Gasteiger partial charge in [-0.2, -0.15) is 0 Å². The topological polar surface area (TPSA) is 116 Å². The number of hydrogen-bond acceptors (Lipinski definition) is 5. The number of carboxylic acid groups (broad SMARTS) is 1. The molecule has 32 heavy (non-hydrogen) atoms. The van der Waals surface area contributed by atoms with Gasteiger partial charge in [0.25, 0.3) is 0 Å². The molecule has 2 aromatic carbocycles. The molecule has 0 aliphatic rings. The molecular formula is C23H22N4O4S. The summed E-state index contributed by atoms with van der Waals surface area (Å²) in [5, 5.41) is 18.4. The van der Waals surface area contributed by atoms with Gasteiger partial charge >= 0.3 is 12.0 Å². The molecule has 0 saturated carbocycles. The molecule has 2 amide bonds. The number of nitrogens with one attached hydrogen (secondary N) is 3. The van der Waals surface area contributed by atoms with Gasteiger partial charge in [-0.1, -0.05) is 18.2 Å². The van der Waals surface area contributed by atoms with E-state index in [4.69, 9.17) is 4.74 Å². The molecule has 0 fully saturated rings. The summed E-state index contributed by atoms with van der Waals surface area (Å²) in [4.78, 5) is 31.7. The fourth-order valence-electron chi connectivity index (χ4n) is 3.35. The number of ether oxygens (including phenoxy) is 1. The van der Waals surface area contributed by atoms with E-state index in [1.54, 1.807) is 13.3 Å². The number of para-hydroxylation sites is 1. The van der Waals surface area contributed by atoms with E-state index in [0.717, 1.165) is 32.8 Å². The number of carbonyl (C=O) groups is 2. The van der Waals surface area contributed by atoms with Crippen molar-refractivity contribution in [1.29, 1.82) is 0 Å². The van der Waals surface area contributed by atoms with Crippen LogP contribution in [0.15, 0.2) is 60.1 Å². The predicted octanol–water partition coefficient (Wildman–Crippen LogP) is 3.80. The van der Waals surface area contributed by atoms with Gasteiger partial charge in [-0.3, -0.25) is 0 Å². The third kappa shape index (κ3) is 4.89. The van der Waals surface area contributed by atoms with Crippen LogP contribution in [0.1, 0.15) is 11.3 Å². The Labute approximate surface area is 188 Å². The van der Waals surface area contributed by atoms with Crippen molar-refractivity contribution >= 4 is 34.2 Å². The van der Waals surface area contributed by atoms with Crippen molar-refractivity contribution in [2.45, 2.75) is 19.0 Å². The first kappa shape index (κ1) is 21.4. The van der Waals surface area contributed by atoms with Crippen molar-refractivity contribution in [2.75, 3.05) is 7.11 Å². The monoisotopic (exact) mass is 450 g/mol. The fraction of sp³-hybridized carbons (Fsp3) is 0.174. The summed E-state index contributed by atoms with van der Waals surface area (Å²) < 4.78 is 5.16. The molecular weight excluding hydrogens is 428 g/mol. The Bertz CT molecular complexity index is 1230. The number of methoxy groups -OCH3 is 1. The van der Waals surface area contributed by atoms with Gasteiger partial charge in [0.15, 0.2) is 0 Å². The Hall–Kier alpha value is -3.85. The summed E-state index contributed by atoms with van der Waals surface area (Å²) in [7, 11) is 1.61. The van der Waals surface area contributed by atoms with Crippen LogP contribution in [0, 0.1) is 0 Å². The van der Waals surface area contributed by atoms with E-state index in [1.165, 1.54) is 11.3 Å². The first-order valence-corrected chi connectivity index (χ1v) is 10.8. The summed E-state index contributed by atoms with van der Waals surface area (Å²) in [6.45, 7) is 0.192. The van der Waals surface area contributed by atoms with Crippen LogP contribution < -0.4 is 15.4 Å². The predicted molar refractivity (Wildman–Crippen MR) is 123 cm³/mol. The maximum atomic E-state index is 12.3. The number of urea groups is 1. The molecule has 4 aromatic rings. The van der Waals surface area contributed by atoms with Crippen molar-refractivity contribution in [3.05, 3.63) is 71.4 Å². The number of nitrogens with zero attached hydrogens (tertiary/aromatic N) is 1. The number of aliphatic carboxylic acids is 1. The minimum absolute atomic E-state index is 0.172. The normalized spacial score (nSPS) is 11.8. The molecule has 9 heteroatoms. The first-order valence-electron chi connectivity index (χ1n) is 9.94. The number of hydrogen-bond donors (Lipinski definition) is 4. The molecule has 4 N–H and O–H groups in total. The lowest BCUT2D eigenvalue weighted by atomic mass is 10.1. The van der Waals surface area contributed by atoms with Crippen LogP contribution in [0.5, 0.6) is 5.75 Å². The molecule has 0 aliphatic carbocycles. The number of aromatic amines is 1. The van der Waals surface area contributed by atoms with Crippen LogP contribution in [-0.4, -0.2) is 40.2 Å². The number of amides is 2. The summed E-state index contributed by atoms with van der Waals surface area (Å²) in [6.07, 6.45) is 1.95. The number of aromatic nitrogens is 2. The van der Waals surface area contributed by atoms with E-state index in [1.807, 2.05) is 53.9 Å². The molecule has 0 unspecified atom stereocenters. The van der Waals surface area contributed by atoms with E-state index in [-0.39, 0.29) is 13.0 Å². The van der Waals surface area contributed by atoms with E-state index >= 15 is 0 Å². The lowest BCUT2D eigenvalue weighted by Crippen LogP contribution is -2.46. The third-order valence-electron chi connectivity index (χ3n) is 5.02. The highest BCUT2D eigenvalue weighted by molar-refractivity contribution is 7.13. The Morgan fingerprint density at radius 3 is 2.72 bits per heavy atom. The second-order valence-corrected chi connectivity index (χ2v) is 8.01. The van der Waals surface area contributed by atoms with Gasteiger partial charge in [0.2, 0.25) is 0 Å². The van der Waals surface area contributed by atoms with Gasteiger partial charge in [0.05, 0.1) is 19.3 Å². The molecule has 0 saturated heterocycles. The van der Waals surface area contributed by atoms with Crippen LogP contribution in [0.2, 0.25) is 0 Å². The molecule has 1 atom stereocenters. The summed E-state index contributed by atoms with van der Waals surface area (Å²) >= 11 is 1.47. The SMILES string of the molecule is COc1ccc(-c2nc(CNC(=O)N[C@H](Cc3c[nH]c4ccccc34)C(=O)O)cs2)cc1. The van der Waals surface area contributed by atoms with E-state index in [2.05, 4.69) is 20.6 Å². The molecule has 0 radical (unpaired) electrons. The number of H-pyrrole nitrogens is 1. The average molecular weight is 451 g/mol. The molecule has 0 aliphatic heterocycles. The lowest BCUT2D eigenvalue weighted by Gasteiger charge is -2.14. The second-order valence-electron chi connectivity index (χ2n) is 7.15. The smallest absolute Gasteiger partial charge is 0.326 e. The zero-order chi connectivity index (χ0) is 22.5. The van der Waals surface area contributed by atoms with Crippen molar-refractivity contribution < 1.29 is 19.4 Å². The maximum Gasteiger partial charge on any atom is 0.326 e. The number of carboxylic acids is 1. The highest BCUT2D eigenvalue weighted by atomic mass is 32.1. The molecule has 8 nitrogen and oxygen atoms in total. The minimum atomic E-state index is -1.10. The first-order chi connectivity index (χ1) is 15.5. The van der Waals surface area contributed by atoms with Crippen molar-refractivity contribution in [3.63, 3.8) is 0 Å². The highest BCUT2D eigenvalue weighted by Crippen LogP contribution is 2.25. The molecule has 164 valence electrons. The summed E-state index contributed by atoms with van der Waals surface area (Å²) in [5.41, 5.74) is 3.40. The van der Waals surface area contributed by atoms with Gasteiger partial charge in [-0.05, 0) is 35.9 Å². The Morgan fingerprint density at radius 2 is 1.97 bits per heavy atom. The van der Waals surface area contributed by atoms with Gasteiger partial charge in [0, 0.05) is 34.5 Å². The standard InChI is InChI=1S/C23H22N4O4S/c1-31-17-8-6-14(7-9-17)21-26-16(13-32-21)12-25-23(30)27-20(22(28)29)10-15-11-24-19-5-3-2-4-18(15)19/h2-9,11,13,20,24H,10,12H2,1H3,(H,28,29)(H2,25,27,30)/t20-/m1/s1. The Kier molecular flexibility index (Phi) is 6.37. The summed E-state index contributed by atoms with van der Waals surface area (Å²) in [6, 6.07) is 13.6. The van der Waals surface area contributed by atoms with Gasteiger partial charge in [0.1, 0.15) is 16.8 Å². The third-order valence-corrected chi connectivity index (χ3v) is 5.96.